The quantitative estimate of drug-likeness (QED) is 0.771. The highest BCUT2D eigenvalue weighted by atomic mass is 79.9. The third kappa shape index (κ3) is 3.21. The van der Waals surface area contributed by atoms with E-state index in [9.17, 15) is 4.79 Å². The SMILES string of the molecule is CCC(=O)c1cccnc1Sc1cccc(Br)c1. The van der Waals surface area contributed by atoms with E-state index >= 15 is 0 Å². The molecule has 2 nitrogen and oxygen atoms in total. The molecule has 0 N–H and O–H groups in total. The van der Waals surface area contributed by atoms with Crippen molar-refractivity contribution in [3.05, 3.63) is 52.6 Å². The van der Waals surface area contributed by atoms with E-state index < -0.39 is 0 Å². The molecule has 0 saturated carbocycles. The number of rotatable bonds is 4. The number of ketones is 1. The maximum atomic E-state index is 11.8. The standard InChI is InChI=1S/C14H12BrNOS/c1-2-13(17)12-7-4-8-16-14(12)18-11-6-3-5-10(15)9-11/h3-9H,2H2,1H3. The molecule has 1 heterocycles. The first-order valence-corrected chi connectivity index (χ1v) is 7.23. The minimum absolute atomic E-state index is 0.126. The second-order valence-corrected chi connectivity index (χ2v) is 5.67. The monoisotopic (exact) mass is 321 g/mol. The molecule has 1 aromatic heterocycles. The number of halogens is 1. The van der Waals surface area contributed by atoms with Crippen LogP contribution in [0.4, 0.5) is 0 Å². The summed E-state index contributed by atoms with van der Waals surface area (Å²) in [5.74, 6) is 0.126. The molecule has 0 amide bonds. The van der Waals surface area contributed by atoms with Crippen molar-refractivity contribution >= 4 is 33.5 Å². The van der Waals surface area contributed by atoms with Crippen molar-refractivity contribution in [1.82, 2.24) is 4.98 Å². The molecule has 0 radical (unpaired) electrons. The number of hydrogen-bond acceptors (Lipinski definition) is 3. The molecule has 0 atom stereocenters. The summed E-state index contributed by atoms with van der Waals surface area (Å²) >= 11 is 4.95. The van der Waals surface area contributed by atoms with Gasteiger partial charge in [-0.05, 0) is 30.3 Å². The summed E-state index contributed by atoms with van der Waals surface area (Å²) in [6.45, 7) is 1.86. The van der Waals surface area contributed by atoms with Gasteiger partial charge in [0.2, 0.25) is 0 Å². The molecular weight excluding hydrogens is 310 g/mol. The van der Waals surface area contributed by atoms with Crippen LogP contribution in [0.25, 0.3) is 0 Å². The Morgan fingerprint density at radius 3 is 2.89 bits per heavy atom. The average molecular weight is 322 g/mol. The minimum atomic E-state index is 0.126. The second kappa shape index (κ2) is 6.16. The van der Waals surface area contributed by atoms with E-state index in [1.54, 1.807) is 12.3 Å². The molecule has 0 aliphatic rings. The number of benzene rings is 1. The number of carbonyl (C=O) groups is 1. The van der Waals surface area contributed by atoms with Gasteiger partial charge in [-0.15, -0.1) is 0 Å². The van der Waals surface area contributed by atoms with Crippen molar-refractivity contribution in [1.29, 1.82) is 0 Å². The van der Waals surface area contributed by atoms with Crippen LogP contribution in [-0.2, 0) is 0 Å². The lowest BCUT2D eigenvalue weighted by Gasteiger charge is -2.06. The van der Waals surface area contributed by atoms with Crippen molar-refractivity contribution in [3.8, 4) is 0 Å². The van der Waals surface area contributed by atoms with Crippen molar-refractivity contribution in [3.63, 3.8) is 0 Å². The van der Waals surface area contributed by atoms with Gasteiger partial charge < -0.3 is 0 Å². The van der Waals surface area contributed by atoms with E-state index in [-0.39, 0.29) is 5.78 Å². The van der Waals surface area contributed by atoms with Crippen LogP contribution in [0.2, 0.25) is 0 Å². The van der Waals surface area contributed by atoms with Gasteiger partial charge in [-0.3, -0.25) is 4.79 Å². The largest absolute Gasteiger partial charge is 0.294 e. The Morgan fingerprint density at radius 1 is 1.33 bits per heavy atom. The third-order valence-corrected chi connectivity index (χ3v) is 3.90. The van der Waals surface area contributed by atoms with E-state index in [1.165, 1.54) is 11.8 Å². The Labute approximate surface area is 119 Å². The van der Waals surface area contributed by atoms with E-state index in [2.05, 4.69) is 20.9 Å². The maximum absolute atomic E-state index is 11.8. The van der Waals surface area contributed by atoms with Crippen molar-refractivity contribution < 1.29 is 4.79 Å². The fraction of sp³-hybridized carbons (Fsp3) is 0.143. The van der Waals surface area contributed by atoms with Gasteiger partial charge in [0.25, 0.3) is 0 Å². The molecular formula is C14H12BrNOS. The lowest BCUT2D eigenvalue weighted by Crippen LogP contribution is -2.00. The molecule has 1 aromatic carbocycles. The maximum Gasteiger partial charge on any atom is 0.165 e. The van der Waals surface area contributed by atoms with Gasteiger partial charge >= 0.3 is 0 Å². The summed E-state index contributed by atoms with van der Waals surface area (Å²) in [6.07, 6.45) is 2.21. The third-order valence-electron chi connectivity index (χ3n) is 2.40. The molecule has 0 aliphatic carbocycles. The van der Waals surface area contributed by atoms with Gasteiger partial charge in [-0.2, -0.15) is 0 Å². The highest BCUT2D eigenvalue weighted by Crippen LogP contribution is 2.30. The number of carbonyl (C=O) groups excluding carboxylic acids is 1. The summed E-state index contributed by atoms with van der Waals surface area (Å²) in [4.78, 5) is 17.2. The van der Waals surface area contributed by atoms with Crippen LogP contribution in [0.3, 0.4) is 0 Å². The molecule has 0 spiro atoms. The Hall–Kier alpha value is -1.13. The lowest BCUT2D eigenvalue weighted by molar-refractivity contribution is 0.0984. The van der Waals surface area contributed by atoms with Crippen molar-refractivity contribution in [2.24, 2.45) is 0 Å². The Bertz CT molecular complexity index is 571. The molecule has 0 aliphatic heterocycles. The highest BCUT2D eigenvalue weighted by molar-refractivity contribution is 9.10. The fourth-order valence-corrected chi connectivity index (χ4v) is 3.03. The normalized spacial score (nSPS) is 10.3. The second-order valence-electron chi connectivity index (χ2n) is 3.69. The van der Waals surface area contributed by atoms with Gasteiger partial charge in [-0.1, -0.05) is 40.7 Å². The Kier molecular flexibility index (Phi) is 4.55. The van der Waals surface area contributed by atoms with Gasteiger partial charge in [0.05, 0.1) is 5.56 Å². The molecule has 2 aromatic rings. The van der Waals surface area contributed by atoms with E-state index in [0.717, 1.165) is 14.4 Å². The number of Topliss-reactive ketones (excluding diaryl/α,β-unsaturated/α-hetero) is 1. The van der Waals surface area contributed by atoms with Crippen molar-refractivity contribution in [2.45, 2.75) is 23.3 Å². The van der Waals surface area contributed by atoms with Crippen LogP contribution in [0.5, 0.6) is 0 Å². The van der Waals surface area contributed by atoms with Crippen LogP contribution >= 0.6 is 27.7 Å². The molecule has 0 unspecified atom stereocenters. The topological polar surface area (TPSA) is 30.0 Å². The smallest absolute Gasteiger partial charge is 0.165 e. The summed E-state index contributed by atoms with van der Waals surface area (Å²) < 4.78 is 1.02. The summed E-state index contributed by atoms with van der Waals surface area (Å²) in [5, 5.41) is 0.766. The van der Waals surface area contributed by atoms with Crippen LogP contribution in [0.15, 0.2) is 57.0 Å². The van der Waals surface area contributed by atoms with E-state index in [1.807, 2.05) is 37.3 Å². The number of aromatic nitrogens is 1. The fourth-order valence-electron chi connectivity index (χ4n) is 1.52. The molecule has 0 fully saturated rings. The molecule has 0 saturated heterocycles. The van der Waals surface area contributed by atoms with Crippen LogP contribution < -0.4 is 0 Å². The van der Waals surface area contributed by atoms with Gasteiger partial charge in [0.15, 0.2) is 5.78 Å². The van der Waals surface area contributed by atoms with Crippen LogP contribution in [0, 0.1) is 0 Å². The average Bonchev–Trinajstić information content (AvgIpc) is 2.38. The molecule has 18 heavy (non-hydrogen) atoms. The minimum Gasteiger partial charge on any atom is -0.294 e. The van der Waals surface area contributed by atoms with Gasteiger partial charge in [-0.25, -0.2) is 4.98 Å². The summed E-state index contributed by atoms with van der Waals surface area (Å²) in [7, 11) is 0. The predicted molar refractivity (Wildman–Crippen MR) is 77.1 cm³/mol. The van der Waals surface area contributed by atoms with Crippen LogP contribution in [0.1, 0.15) is 23.7 Å². The predicted octanol–water partition coefficient (Wildman–Crippen LogP) is 4.59. The zero-order valence-electron chi connectivity index (χ0n) is 9.89. The zero-order chi connectivity index (χ0) is 13.0. The molecule has 0 bridgehead atoms. The lowest BCUT2D eigenvalue weighted by atomic mass is 10.1. The van der Waals surface area contributed by atoms with E-state index in [0.29, 0.717) is 12.0 Å². The summed E-state index contributed by atoms with van der Waals surface area (Å²) in [5.41, 5.74) is 0.699. The highest BCUT2D eigenvalue weighted by Gasteiger charge is 2.11. The molecule has 92 valence electrons. The van der Waals surface area contributed by atoms with Gasteiger partial charge in [0, 0.05) is 22.0 Å². The van der Waals surface area contributed by atoms with Crippen molar-refractivity contribution in [2.75, 3.05) is 0 Å². The first kappa shape index (κ1) is 13.3. The zero-order valence-corrected chi connectivity index (χ0v) is 12.3. The van der Waals surface area contributed by atoms with Gasteiger partial charge in [0.1, 0.15) is 5.03 Å². The van der Waals surface area contributed by atoms with Crippen LogP contribution in [-0.4, -0.2) is 10.8 Å². The number of pyridine rings is 1. The molecule has 4 heteroatoms. The number of nitrogens with zero attached hydrogens (tertiary/aromatic N) is 1. The summed E-state index contributed by atoms with van der Waals surface area (Å²) in [6, 6.07) is 11.6. The molecule has 2 rings (SSSR count). The first-order chi connectivity index (χ1) is 8.70. The van der Waals surface area contributed by atoms with E-state index in [4.69, 9.17) is 0 Å². The Balaban J connectivity index is 2.32. The number of hydrogen-bond donors (Lipinski definition) is 0. The Morgan fingerprint density at radius 2 is 2.17 bits per heavy atom. The first-order valence-electron chi connectivity index (χ1n) is 5.62.